The first kappa shape index (κ1) is 12.7. The molecule has 0 aliphatic heterocycles. The van der Waals surface area contributed by atoms with Crippen LogP contribution in [0.1, 0.15) is 15.9 Å². The lowest BCUT2D eigenvalue weighted by Crippen LogP contribution is -2.38. The van der Waals surface area contributed by atoms with Crippen LogP contribution in [0, 0.1) is 6.92 Å². The fraction of sp³-hybridized carbons (Fsp3) is 0.364. The van der Waals surface area contributed by atoms with E-state index >= 15 is 0 Å². The van der Waals surface area contributed by atoms with Crippen molar-refractivity contribution in [3.63, 3.8) is 0 Å². The third-order valence-electron chi connectivity index (χ3n) is 2.30. The lowest BCUT2D eigenvalue weighted by atomic mass is 9.75. The van der Waals surface area contributed by atoms with E-state index in [9.17, 15) is 4.79 Å². The maximum absolute atomic E-state index is 11.6. The SMILES string of the molecule is COB(OC)c1ccc(C)cc1C(=O)OC. The molecular formula is C11H15BO4. The van der Waals surface area contributed by atoms with E-state index < -0.39 is 13.1 Å². The van der Waals surface area contributed by atoms with Crippen LogP contribution in [0.15, 0.2) is 18.2 Å². The van der Waals surface area contributed by atoms with Crippen molar-refractivity contribution in [3.8, 4) is 0 Å². The zero-order valence-electron chi connectivity index (χ0n) is 9.94. The highest BCUT2D eigenvalue weighted by molar-refractivity contribution is 6.62. The first-order chi connectivity index (χ1) is 7.63. The van der Waals surface area contributed by atoms with E-state index in [-0.39, 0.29) is 0 Å². The van der Waals surface area contributed by atoms with Gasteiger partial charge in [0, 0.05) is 14.2 Å². The number of hydrogen-bond donors (Lipinski definition) is 0. The van der Waals surface area contributed by atoms with Crippen LogP contribution in [0.25, 0.3) is 0 Å². The zero-order valence-corrected chi connectivity index (χ0v) is 9.94. The van der Waals surface area contributed by atoms with Gasteiger partial charge in [0.2, 0.25) is 0 Å². The number of carbonyl (C=O) groups excluding carboxylic acids is 1. The van der Waals surface area contributed by atoms with Crippen LogP contribution in [-0.4, -0.2) is 34.4 Å². The average molecular weight is 222 g/mol. The van der Waals surface area contributed by atoms with Gasteiger partial charge in [-0.2, -0.15) is 0 Å². The van der Waals surface area contributed by atoms with Gasteiger partial charge in [-0.25, -0.2) is 4.79 Å². The Labute approximate surface area is 95.7 Å². The highest BCUT2D eigenvalue weighted by Crippen LogP contribution is 2.05. The fourth-order valence-electron chi connectivity index (χ4n) is 1.51. The van der Waals surface area contributed by atoms with Crippen molar-refractivity contribution in [1.82, 2.24) is 0 Å². The molecule has 0 aromatic heterocycles. The number of methoxy groups -OCH3 is 1. The molecule has 0 radical (unpaired) electrons. The van der Waals surface area contributed by atoms with Crippen LogP contribution >= 0.6 is 0 Å². The van der Waals surface area contributed by atoms with Gasteiger partial charge >= 0.3 is 13.1 Å². The molecule has 0 N–H and O–H groups in total. The van der Waals surface area contributed by atoms with E-state index in [1.165, 1.54) is 21.3 Å². The highest BCUT2D eigenvalue weighted by atomic mass is 16.6. The average Bonchev–Trinajstić information content (AvgIpc) is 2.31. The molecule has 1 aromatic carbocycles. The van der Waals surface area contributed by atoms with E-state index in [1.807, 2.05) is 13.0 Å². The summed E-state index contributed by atoms with van der Waals surface area (Å²) < 4.78 is 15.0. The van der Waals surface area contributed by atoms with E-state index in [4.69, 9.17) is 14.0 Å². The van der Waals surface area contributed by atoms with Gasteiger partial charge in [0.15, 0.2) is 0 Å². The smallest absolute Gasteiger partial charge is 0.465 e. The van der Waals surface area contributed by atoms with Crippen molar-refractivity contribution in [2.45, 2.75) is 6.92 Å². The fourth-order valence-corrected chi connectivity index (χ4v) is 1.51. The summed E-state index contributed by atoms with van der Waals surface area (Å²) in [5.41, 5.74) is 2.12. The standard InChI is InChI=1S/C11H15BO4/c1-8-5-6-10(12(15-3)16-4)9(7-8)11(13)14-2/h5-7H,1-4H3. The summed E-state index contributed by atoms with van der Waals surface area (Å²) in [7, 11) is 3.84. The molecule has 0 heterocycles. The highest BCUT2D eigenvalue weighted by Gasteiger charge is 2.25. The normalized spacial score (nSPS) is 10.0. The molecule has 4 nitrogen and oxygen atoms in total. The third kappa shape index (κ3) is 2.62. The maximum atomic E-state index is 11.6. The first-order valence-electron chi connectivity index (χ1n) is 4.88. The largest absolute Gasteiger partial charge is 0.494 e. The second-order valence-electron chi connectivity index (χ2n) is 3.39. The van der Waals surface area contributed by atoms with Crippen molar-refractivity contribution in [2.75, 3.05) is 21.3 Å². The molecule has 0 spiro atoms. The second kappa shape index (κ2) is 5.68. The van der Waals surface area contributed by atoms with Crippen molar-refractivity contribution < 1.29 is 18.8 Å². The Morgan fingerprint density at radius 2 is 1.81 bits per heavy atom. The number of ether oxygens (including phenoxy) is 1. The summed E-state index contributed by atoms with van der Waals surface area (Å²) in [5.74, 6) is -0.391. The molecule has 1 rings (SSSR count). The number of carbonyl (C=O) groups is 1. The second-order valence-corrected chi connectivity index (χ2v) is 3.39. The Morgan fingerprint density at radius 3 is 2.31 bits per heavy atom. The summed E-state index contributed by atoms with van der Waals surface area (Å²) in [4.78, 5) is 11.6. The van der Waals surface area contributed by atoms with Crippen LogP contribution < -0.4 is 5.46 Å². The molecule has 16 heavy (non-hydrogen) atoms. The predicted molar refractivity (Wildman–Crippen MR) is 61.9 cm³/mol. The molecule has 0 bridgehead atoms. The summed E-state index contributed by atoms with van der Waals surface area (Å²) in [6.45, 7) is 1.91. The molecule has 0 aliphatic rings. The summed E-state index contributed by atoms with van der Waals surface area (Å²) in [6, 6.07) is 5.46. The molecule has 0 amide bonds. The predicted octanol–water partition coefficient (Wildman–Crippen LogP) is 0.770. The molecule has 86 valence electrons. The number of rotatable bonds is 4. The minimum Gasteiger partial charge on any atom is -0.465 e. The van der Waals surface area contributed by atoms with Gasteiger partial charge in [-0.1, -0.05) is 17.7 Å². The van der Waals surface area contributed by atoms with E-state index in [1.54, 1.807) is 12.1 Å². The van der Waals surface area contributed by atoms with E-state index in [2.05, 4.69) is 0 Å². The number of hydrogen-bond acceptors (Lipinski definition) is 4. The van der Waals surface area contributed by atoms with Gasteiger partial charge in [-0.15, -0.1) is 0 Å². The van der Waals surface area contributed by atoms with Gasteiger partial charge in [0.05, 0.1) is 12.7 Å². The lowest BCUT2D eigenvalue weighted by molar-refractivity contribution is 0.0601. The monoisotopic (exact) mass is 222 g/mol. The van der Waals surface area contributed by atoms with Gasteiger partial charge in [-0.05, 0) is 18.5 Å². The topological polar surface area (TPSA) is 44.8 Å². The van der Waals surface area contributed by atoms with Gasteiger partial charge in [0.25, 0.3) is 0 Å². The van der Waals surface area contributed by atoms with Gasteiger partial charge in [0.1, 0.15) is 0 Å². The minimum absolute atomic E-state index is 0.391. The Bertz CT molecular complexity index is 374. The molecule has 0 aliphatic carbocycles. The van der Waals surface area contributed by atoms with Crippen LogP contribution in [0.3, 0.4) is 0 Å². The number of aryl methyl sites for hydroxylation is 1. The van der Waals surface area contributed by atoms with Crippen molar-refractivity contribution in [3.05, 3.63) is 29.3 Å². The van der Waals surface area contributed by atoms with Gasteiger partial charge < -0.3 is 14.0 Å². The van der Waals surface area contributed by atoms with Crippen LogP contribution in [-0.2, 0) is 14.0 Å². The van der Waals surface area contributed by atoms with Crippen molar-refractivity contribution >= 4 is 18.6 Å². The van der Waals surface area contributed by atoms with Crippen molar-refractivity contribution in [1.29, 1.82) is 0 Å². The molecule has 5 heteroatoms. The van der Waals surface area contributed by atoms with Crippen LogP contribution in [0.5, 0.6) is 0 Å². The Morgan fingerprint density at radius 1 is 1.19 bits per heavy atom. The molecule has 0 saturated carbocycles. The minimum atomic E-state index is -0.560. The molecular weight excluding hydrogens is 207 g/mol. The molecule has 1 aromatic rings. The van der Waals surface area contributed by atoms with Crippen molar-refractivity contribution in [2.24, 2.45) is 0 Å². The van der Waals surface area contributed by atoms with E-state index in [0.29, 0.717) is 11.0 Å². The maximum Gasteiger partial charge on any atom is 0.494 e. The molecule has 0 unspecified atom stereocenters. The molecule has 0 atom stereocenters. The lowest BCUT2D eigenvalue weighted by Gasteiger charge is -2.13. The Balaban J connectivity index is 3.21. The summed E-state index contributed by atoms with van der Waals surface area (Å²) >= 11 is 0. The first-order valence-corrected chi connectivity index (χ1v) is 4.88. The van der Waals surface area contributed by atoms with E-state index in [0.717, 1.165) is 5.56 Å². The molecule has 0 fully saturated rings. The van der Waals surface area contributed by atoms with Crippen LogP contribution in [0.2, 0.25) is 0 Å². The Hall–Kier alpha value is -1.33. The third-order valence-corrected chi connectivity index (χ3v) is 2.30. The zero-order chi connectivity index (χ0) is 12.1. The van der Waals surface area contributed by atoms with Crippen LogP contribution in [0.4, 0.5) is 0 Å². The number of esters is 1. The Kier molecular flexibility index (Phi) is 4.52. The number of benzene rings is 1. The molecule has 0 saturated heterocycles. The summed E-state index contributed by atoms with van der Waals surface area (Å²) in [6.07, 6.45) is 0. The van der Waals surface area contributed by atoms with Gasteiger partial charge in [-0.3, -0.25) is 0 Å². The summed E-state index contributed by atoms with van der Waals surface area (Å²) in [5, 5.41) is 0. The quantitative estimate of drug-likeness (QED) is 0.557.